The first-order chi connectivity index (χ1) is 16.2. The number of benzene rings is 2. The van der Waals surface area contributed by atoms with E-state index >= 15 is 0 Å². The first kappa shape index (κ1) is 22.9. The van der Waals surface area contributed by atoms with Crippen molar-refractivity contribution >= 4 is 0 Å². The zero-order valence-corrected chi connectivity index (χ0v) is 20.0. The Balaban J connectivity index is 1.22. The molecule has 0 heterocycles. The second kappa shape index (κ2) is 10.2. The predicted molar refractivity (Wildman–Crippen MR) is 132 cm³/mol. The van der Waals surface area contributed by atoms with E-state index in [1.807, 2.05) is 6.07 Å². The normalized spacial score (nSPS) is 30.4. The van der Waals surface area contributed by atoms with E-state index in [-0.39, 0.29) is 6.61 Å². The fraction of sp³-hybridized carbons (Fsp3) is 0.586. The molecule has 2 saturated carbocycles. The number of aliphatic hydroxyl groups excluding tert-OH is 1. The molecular formula is C29H39NO3. The van der Waals surface area contributed by atoms with Gasteiger partial charge in [-0.25, -0.2) is 0 Å². The van der Waals surface area contributed by atoms with E-state index in [2.05, 4.69) is 54.7 Å². The summed E-state index contributed by atoms with van der Waals surface area (Å²) in [6.07, 6.45) is 7.89. The molecule has 0 bridgehead atoms. The lowest BCUT2D eigenvalue weighted by Gasteiger charge is -2.50. The highest BCUT2D eigenvalue weighted by Gasteiger charge is 2.55. The molecule has 0 aromatic heterocycles. The lowest BCUT2D eigenvalue weighted by atomic mass is 9.55. The summed E-state index contributed by atoms with van der Waals surface area (Å²) >= 11 is 0. The number of hydrogen-bond acceptors (Lipinski definition) is 4. The van der Waals surface area contributed by atoms with Crippen molar-refractivity contribution in [3.63, 3.8) is 0 Å². The maximum absolute atomic E-state index is 8.93. The van der Waals surface area contributed by atoms with Crippen LogP contribution in [0.25, 0.3) is 0 Å². The summed E-state index contributed by atoms with van der Waals surface area (Å²) in [6.45, 7) is 5.54. The van der Waals surface area contributed by atoms with Crippen LogP contribution in [0, 0.1) is 17.3 Å². The zero-order chi connectivity index (χ0) is 22.7. The van der Waals surface area contributed by atoms with E-state index in [1.165, 1.54) is 49.7 Å². The molecule has 2 aromatic rings. The van der Waals surface area contributed by atoms with Crippen LogP contribution in [0.3, 0.4) is 0 Å². The molecule has 5 unspecified atom stereocenters. The molecule has 3 aliphatic rings. The van der Waals surface area contributed by atoms with Crippen molar-refractivity contribution in [1.29, 1.82) is 0 Å². The quantitative estimate of drug-likeness (QED) is 0.524. The average Bonchev–Trinajstić information content (AvgIpc) is 3.19. The van der Waals surface area contributed by atoms with E-state index in [9.17, 15) is 0 Å². The highest BCUT2D eigenvalue weighted by Crippen LogP contribution is 2.61. The number of aryl methyl sites for hydroxylation is 1. The monoisotopic (exact) mass is 449 g/mol. The van der Waals surface area contributed by atoms with Crippen LogP contribution in [0.5, 0.6) is 5.75 Å². The van der Waals surface area contributed by atoms with Crippen molar-refractivity contribution in [2.45, 2.75) is 64.1 Å². The van der Waals surface area contributed by atoms with Gasteiger partial charge in [-0.3, -0.25) is 0 Å². The molecule has 0 aliphatic heterocycles. The third-order valence-electron chi connectivity index (χ3n) is 8.75. The molecule has 5 atom stereocenters. The fourth-order valence-corrected chi connectivity index (χ4v) is 7.09. The Kier molecular flexibility index (Phi) is 7.05. The molecule has 2 fully saturated rings. The Morgan fingerprint density at radius 3 is 2.76 bits per heavy atom. The number of nitrogens with one attached hydrogen (secondary N) is 1. The topological polar surface area (TPSA) is 50.7 Å². The van der Waals surface area contributed by atoms with Gasteiger partial charge in [0, 0.05) is 13.1 Å². The number of aliphatic hydroxyl groups is 1. The SMILES string of the molecule is CC12CCC3c4ccc(OCc5ccccc5)cc4CCC3C1CCC2OCCNCCO. The van der Waals surface area contributed by atoms with Crippen molar-refractivity contribution in [2.75, 3.05) is 26.3 Å². The van der Waals surface area contributed by atoms with Gasteiger partial charge in [0.25, 0.3) is 0 Å². The van der Waals surface area contributed by atoms with Crippen LogP contribution in [0.2, 0.25) is 0 Å². The van der Waals surface area contributed by atoms with E-state index in [4.69, 9.17) is 14.6 Å². The Morgan fingerprint density at radius 1 is 1.03 bits per heavy atom. The number of rotatable bonds is 9. The van der Waals surface area contributed by atoms with Crippen LogP contribution in [0.15, 0.2) is 48.5 Å². The van der Waals surface area contributed by atoms with Crippen LogP contribution in [-0.2, 0) is 17.8 Å². The summed E-state index contributed by atoms with van der Waals surface area (Å²) in [5.41, 5.74) is 4.61. The predicted octanol–water partition coefficient (Wildman–Crippen LogP) is 5.09. The average molecular weight is 450 g/mol. The molecule has 3 aliphatic carbocycles. The van der Waals surface area contributed by atoms with Gasteiger partial charge in [-0.2, -0.15) is 0 Å². The smallest absolute Gasteiger partial charge is 0.120 e. The van der Waals surface area contributed by atoms with Gasteiger partial charge in [0.2, 0.25) is 0 Å². The molecule has 178 valence electrons. The number of ether oxygens (including phenoxy) is 2. The summed E-state index contributed by atoms with van der Waals surface area (Å²) in [5, 5.41) is 12.2. The molecule has 0 saturated heterocycles. The largest absolute Gasteiger partial charge is 0.489 e. The van der Waals surface area contributed by atoms with Crippen molar-refractivity contribution in [2.24, 2.45) is 17.3 Å². The lowest BCUT2D eigenvalue weighted by molar-refractivity contribution is -0.0628. The Bertz CT molecular complexity index is 916. The fourth-order valence-electron chi connectivity index (χ4n) is 7.09. The van der Waals surface area contributed by atoms with Crippen molar-refractivity contribution in [3.8, 4) is 5.75 Å². The maximum Gasteiger partial charge on any atom is 0.120 e. The second-order valence-electron chi connectivity index (χ2n) is 10.5. The van der Waals surface area contributed by atoms with Crippen LogP contribution in [0.1, 0.15) is 61.6 Å². The summed E-state index contributed by atoms with van der Waals surface area (Å²) in [5.74, 6) is 3.25. The summed E-state index contributed by atoms with van der Waals surface area (Å²) in [4.78, 5) is 0. The van der Waals surface area contributed by atoms with Gasteiger partial charge < -0.3 is 19.9 Å². The minimum absolute atomic E-state index is 0.189. The van der Waals surface area contributed by atoms with Crippen molar-refractivity contribution in [1.82, 2.24) is 5.32 Å². The Hall–Kier alpha value is -1.88. The molecule has 4 heteroatoms. The van der Waals surface area contributed by atoms with Gasteiger partial charge in [0.05, 0.1) is 19.3 Å². The molecule has 2 aromatic carbocycles. The maximum atomic E-state index is 8.93. The number of fused-ring (bicyclic) bond motifs is 5. The summed E-state index contributed by atoms with van der Waals surface area (Å²) in [6, 6.07) is 17.3. The number of hydrogen-bond donors (Lipinski definition) is 2. The summed E-state index contributed by atoms with van der Waals surface area (Å²) < 4.78 is 12.5. The third-order valence-corrected chi connectivity index (χ3v) is 8.75. The molecule has 2 N–H and O–H groups in total. The zero-order valence-electron chi connectivity index (χ0n) is 20.0. The molecular weight excluding hydrogens is 410 g/mol. The van der Waals surface area contributed by atoms with E-state index in [0.29, 0.717) is 30.6 Å². The molecule has 33 heavy (non-hydrogen) atoms. The van der Waals surface area contributed by atoms with Crippen LogP contribution in [0.4, 0.5) is 0 Å². The van der Waals surface area contributed by atoms with Crippen molar-refractivity contribution < 1.29 is 14.6 Å². The van der Waals surface area contributed by atoms with Gasteiger partial charge in [-0.1, -0.05) is 43.3 Å². The molecule has 0 radical (unpaired) electrons. The first-order valence-corrected chi connectivity index (χ1v) is 12.9. The van der Waals surface area contributed by atoms with Crippen LogP contribution >= 0.6 is 0 Å². The third kappa shape index (κ3) is 4.71. The van der Waals surface area contributed by atoms with Crippen LogP contribution in [-0.4, -0.2) is 37.5 Å². The highest BCUT2D eigenvalue weighted by molar-refractivity contribution is 5.41. The molecule has 5 rings (SSSR count). The Labute approximate surface area is 198 Å². The van der Waals surface area contributed by atoms with Gasteiger partial charge in [-0.05, 0) is 90.5 Å². The van der Waals surface area contributed by atoms with E-state index in [1.54, 1.807) is 5.56 Å². The first-order valence-electron chi connectivity index (χ1n) is 12.9. The van der Waals surface area contributed by atoms with Gasteiger partial charge >= 0.3 is 0 Å². The van der Waals surface area contributed by atoms with Gasteiger partial charge in [-0.15, -0.1) is 0 Å². The van der Waals surface area contributed by atoms with E-state index < -0.39 is 0 Å². The lowest BCUT2D eigenvalue weighted by Crippen LogP contribution is -2.45. The van der Waals surface area contributed by atoms with Gasteiger partial charge in [0.1, 0.15) is 12.4 Å². The standard InChI is InChI=1S/C29H39NO3/c1-29-14-13-25-24-10-8-23(33-20-21-5-3-2-4-6-21)19-22(24)7-9-26(25)27(29)11-12-28(29)32-18-16-30-15-17-31/h2-6,8,10,19,25-28,30-31H,7,9,11-18,20H2,1H3. The molecule has 0 spiro atoms. The highest BCUT2D eigenvalue weighted by atomic mass is 16.5. The Morgan fingerprint density at radius 2 is 1.91 bits per heavy atom. The summed E-state index contributed by atoms with van der Waals surface area (Å²) in [7, 11) is 0. The van der Waals surface area contributed by atoms with Gasteiger partial charge in [0.15, 0.2) is 0 Å². The van der Waals surface area contributed by atoms with E-state index in [0.717, 1.165) is 30.7 Å². The molecule has 4 nitrogen and oxygen atoms in total. The minimum atomic E-state index is 0.189. The van der Waals surface area contributed by atoms with Crippen molar-refractivity contribution in [3.05, 3.63) is 65.2 Å². The molecule has 0 amide bonds. The van der Waals surface area contributed by atoms with Crippen LogP contribution < -0.4 is 10.1 Å². The minimum Gasteiger partial charge on any atom is -0.489 e. The second-order valence-corrected chi connectivity index (χ2v) is 10.5.